The zero-order valence-electron chi connectivity index (χ0n) is 16.9. The lowest BCUT2D eigenvalue weighted by Crippen LogP contribution is -2.33. The van der Waals surface area contributed by atoms with Crippen molar-refractivity contribution in [1.82, 2.24) is 19.6 Å². The summed E-state index contributed by atoms with van der Waals surface area (Å²) in [5, 5.41) is 12.2. The summed E-state index contributed by atoms with van der Waals surface area (Å²) in [7, 11) is 0. The summed E-state index contributed by atoms with van der Waals surface area (Å²) in [6.07, 6.45) is 3.93. The van der Waals surface area contributed by atoms with Gasteiger partial charge in [0.25, 0.3) is 0 Å². The highest BCUT2D eigenvalue weighted by molar-refractivity contribution is 9.10. The first-order valence-corrected chi connectivity index (χ1v) is 13.6. The first kappa shape index (κ1) is 20.8. The Morgan fingerprint density at radius 1 is 1.23 bits per heavy atom. The average Bonchev–Trinajstić information content (AvgIpc) is 3.33. The number of fused-ring (bicyclic) bond motifs is 5. The molecular weight excluding hydrogens is 500 g/mol. The van der Waals surface area contributed by atoms with Crippen LogP contribution in [0.5, 0.6) is 0 Å². The predicted molar refractivity (Wildman–Crippen MR) is 129 cm³/mol. The number of ether oxygens (including phenoxy) is 1. The van der Waals surface area contributed by atoms with E-state index >= 15 is 0 Å². The summed E-state index contributed by atoms with van der Waals surface area (Å²) in [5.74, 6) is 0.837. The molecule has 5 nitrogen and oxygen atoms in total. The third-order valence-corrected chi connectivity index (χ3v) is 8.90. The fourth-order valence-corrected chi connectivity index (χ4v) is 6.61. The van der Waals surface area contributed by atoms with Gasteiger partial charge in [-0.15, -0.1) is 21.5 Å². The minimum atomic E-state index is -0.130. The van der Waals surface area contributed by atoms with Crippen molar-refractivity contribution in [1.29, 1.82) is 0 Å². The second-order valence-electron chi connectivity index (χ2n) is 7.61. The van der Waals surface area contributed by atoms with Crippen molar-refractivity contribution in [2.45, 2.75) is 55.0 Å². The molecule has 1 aliphatic rings. The molecule has 0 fully saturated rings. The molecule has 0 spiro atoms. The Hall–Kier alpha value is -1.13. The molecule has 4 heterocycles. The standard InChI is InChI=1S/C21H21BrN4OS3/c1-4-21(2)9-14-15(10-27-21)30-18-16(14)17-24-25-20(26(17)19(23-18)28-3)29-11-12-5-7-13(22)8-6-12/h5-8H,4,9-11H2,1-3H3. The zero-order chi connectivity index (χ0) is 20.9. The van der Waals surface area contributed by atoms with Crippen molar-refractivity contribution >= 4 is 66.7 Å². The van der Waals surface area contributed by atoms with Crippen molar-refractivity contribution in [3.05, 3.63) is 44.7 Å². The third-order valence-electron chi connectivity index (χ3n) is 5.63. The lowest BCUT2D eigenvalue weighted by Gasteiger charge is -2.32. The van der Waals surface area contributed by atoms with Crippen LogP contribution in [0.2, 0.25) is 0 Å². The Morgan fingerprint density at radius 3 is 2.77 bits per heavy atom. The number of aromatic nitrogens is 4. The van der Waals surface area contributed by atoms with E-state index in [9.17, 15) is 0 Å². The van der Waals surface area contributed by atoms with Gasteiger partial charge in [-0.05, 0) is 42.9 Å². The van der Waals surface area contributed by atoms with E-state index in [0.717, 1.165) is 49.2 Å². The van der Waals surface area contributed by atoms with Crippen LogP contribution < -0.4 is 0 Å². The minimum Gasteiger partial charge on any atom is -0.369 e. The van der Waals surface area contributed by atoms with Crippen LogP contribution in [0.3, 0.4) is 0 Å². The van der Waals surface area contributed by atoms with Gasteiger partial charge in [-0.3, -0.25) is 0 Å². The molecule has 1 unspecified atom stereocenters. The molecule has 9 heteroatoms. The number of halogens is 1. The molecular formula is C21H21BrN4OS3. The van der Waals surface area contributed by atoms with Gasteiger partial charge in [0, 0.05) is 21.5 Å². The first-order valence-electron chi connectivity index (χ1n) is 9.76. The molecule has 1 atom stereocenters. The van der Waals surface area contributed by atoms with Crippen LogP contribution in [0, 0.1) is 0 Å². The van der Waals surface area contributed by atoms with Gasteiger partial charge in [0.1, 0.15) is 4.83 Å². The summed E-state index contributed by atoms with van der Waals surface area (Å²) in [5.41, 5.74) is 3.38. The molecule has 0 N–H and O–H groups in total. The number of thioether (sulfide) groups is 2. The highest BCUT2D eigenvalue weighted by Crippen LogP contribution is 2.42. The van der Waals surface area contributed by atoms with Crippen molar-refractivity contribution in [3.63, 3.8) is 0 Å². The van der Waals surface area contributed by atoms with Crippen LogP contribution in [-0.2, 0) is 23.5 Å². The van der Waals surface area contributed by atoms with E-state index in [1.54, 1.807) is 34.9 Å². The quantitative estimate of drug-likeness (QED) is 0.225. The van der Waals surface area contributed by atoms with E-state index in [2.05, 4.69) is 74.9 Å². The SMILES string of the molecule is CCC1(C)Cc2c(sc3nc(SC)n4c(SCc5ccc(Br)cc5)nnc4c23)CO1. The average molecular weight is 522 g/mol. The molecule has 0 saturated carbocycles. The molecule has 1 aromatic carbocycles. The molecule has 0 bridgehead atoms. The Kier molecular flexibility index (Phi) is 5.60. The Labute approximate surface area is 196 Å². The molecule has 5 rings (SSSR count). The monoisotopic (exact) mass is 520 g/mol. The van der Waals surface area contributed by atoms with Gasteiger partial charge in [0.2, 0.25) is 0 Å². The first-order chi connectivity index (χ1) is 14.5. The van der Waals surface area contributed by atoms with Crippen LogP contribution in [0.4, 0.5) is 0 Å². The van der Waals surface area contributed by atoms with Crippen molar-refractivity contribution in [2.75, 3.05) is 6.26 Å². The van der Waals surface area contributed by atoms with E-state index in [0.29, 0.717) is 6.61 Å². The smallest absolute Gasteiger partial charge is 0.198 e. The van der Waals surface area contributed by atoms with E-state index in [4.69, 9.17) is 9.72 Å². The number of hydrogen-bond acceptors (Lipinski definition) is 7. The summed E-state index contributed by atoms with van der Waals surface area (Å²) in [6, 6.07) is 8.40. The van der Waals surface area contributed by atoms with Gasteiger partial charge in [-0.2, -0.15) is 0 Å². The molecule has 0 aliphatic carbocycles. The Morgan fingerprint density at radius 2 is 2.03 bits per heavy atom. The number of thiophene rings is 1. The van der Waals surface area contributed by atoms with Gasteiger partial charge >= 0.3 is 0 Å². The number of rotatable bonds is 5. The summed E-state index contributed by atoms with van der Waals surface area (Å²) >= 11 is 8.56. The lowest BCUT2D eigenvalue weighted by atomic mass is 9.90. The van der Waals surface area contributed by atoms with Gasteiger partial charge < -0.3 is 4.74 Å². The number of nitrogens with zero attached hydrogens (tertiary/aromatic N) is 4. The molecule has 1 aliphatic heterocycles. The largest absolute Gasteiger partial charge is 0.369 e. The summed E-state index contributed by atoms with van der Waals surface area (Å²) < 4.78 is 9.38. The Balaban J connectivity index is 1.60. The van der Waals surface area contributed by atoms with Crippen molar-refractivity contribution < 1.29 is 4.74 Å². The molecule has 3 aromatic heterocycles. The molecule has 156 valence electrons. The second kappa shape index (κ2) is 8.09. The third kappa shape index (κ3) is 3.58. The number of benzene rings is 1. The summed E-state index contributed by atoms with van der Waals surface area (Å²) in [4.78, 5) is 7.30. The minimum absolute atomic E-state index is 0.130. The maximum Gasteiger partial charge on any atom is 0.198 e. The normalized spacial score (nSPS) is 18.9. The van der Waals surface area contributed by atoms with Crippen molar-refractivity contribution in [3.8, 4) is 0 Å². The fraction of sp³-hybridized carbons (Fsp3) is 0.381. The zero-order valence-corrected chi connectivity index (χ0v) is 21.0. The van der Waals surface area contributed by atoms with Crippen LogP contribution >= 0.6 is 50.8 Å². The molecule has 0 radical (unpaired) electrons. The maximum absolute atomic E-state index is 6.17. The van der Waals surface area contributed by atoms with Gasteiger partial charge in [0.05, 0.1) is 17.6 Å². The predicted octanol–water partition coefficient (Wildman–Crippen LogP) is 6.36. The maximum atomic E-state index is 6.17. The Bertz CT molecular complexity index is 1240. The van der Waals surface area contributed by atoms with Crippen LogP contribution in [0.1, 0.15) is 36.3 Å². The van der Waals surface area contributed by atoms with Gasteiger partial charge in [-0.25, -0.2) is 9.38 Å². The van der Waals surface area contributed by atoms with E-state index in [1.807, 2.05) is 0 Å². The fourth-order valence-electron chi connectivity index (χ4n) is 3.70. The summed E-state index contributed by atoms with van der Waals surface area (Å²) in [6.45, 7) is 5.04. The van der Waals surface area contributed by atoms with Gasteiger partial charge in [0.15, 0.2) is 16.0 Å². The highest BCUT2D eigenvalue weighted by Gasteiger charge is 2.33. The van der Waals surface area contributed by atoms with Gasteiger partial charge in [-0.1, -0.05) is 58.5 Å². The van der Waals surface area contributed by atoms with Crippen LogP contribution in [0.15, 0.2) is 39.1 Å². The number of hydrogen-bond donors (Lipinski definition) is 0. The topological polar surface area (TPSA) is 52.3 Å². The van der Waals surface area contributed by atoms with Crippen molar-refractivity contribution in [2.24, 2.45) is 0 Å². The molecule has 4 aromatic rings. The molecule has 0 amide bonds. The van der Waals surface area contributed by atoms with Crippen LogP contribution in [-0.4, -0.2) is 31.4 Å². The lowest BCUT2D eigenvalue weighted by molar-refractivity contribution is -0.0542. The highest BCUT2D eigenvalue weighted by atomic mass is 79.9. The van der Waals surface area contributed by atoms with Crippen LogP contribution in [0.25, 0.3) is 15.9 Å². The van der Waals surface area contributed by atoms with E-state index in [1.165, 1.54) is 16.0 Å². The van der Waals surface area contributed by atoms with E-state index in [-0.39, 0.29) is 5.60 Å². The molecule has 0 saturated heterocycles. The molecule has 30 heavy (non-hydrogen) atoms. The van der Waals surface area contributed by atoms with E-state index < -0.39 is 0 Å². The second-order valence-corrected chi connectivity index (χ2v) is 11.3.